The molecule has 2 aromatic carbocycles. The van der Waals surface area contributed by atoms with Gasteiger partial charge in [0.15, 0.2) is 0 Å². The monoisotopic (exact) mass is 337 g/mol. The van der Waals surface area contributed by atoms with E-state index in [-0.39, 0.29) is 11.4 Å². The highest BCUT2D eigenvalue weighted by Gasteiger charge is 2.14. The number of H-pyrrole nitrogens is 1. The number of nitrogens with zero attached hydrogens (tertiary/aromatic N) is 2. The van der Waals surface area contributed by atoms with E-state index in [4.69, 9.17) is 0 Å². The van der Waals surface area contributed by atoms with Crippen molar-refractivity contribution in [3.8, 4) is 5.69 Å². The fourth-order valence-electron chi connectivity index (χ4n) is 2.81. The van der Waals surface area contributed by atoms with E-state index in [9.17, 15) is 9.18 Å². The van der Waals surface area contributed by atoms with Gasteiger partial charge in [-0.1, -0.05) is 30.3 Å². The molecule has 0 aliphatic heterocycles. The predicted octanol–water partition coefficient (Wildman–Crippen LogP) is 3.66. The lowest BCUT2D eigenvalue weighted by Gasteiger charge is -2.01. The Morgan fingerprint density at radius 1 is 1.12 bits per heavy atom. The van der Waals surface area contributed by atoms with Gasteiger partial charge in [0.1, 0.15) is 5.82 Å². The average Bonchev–Trinajstić information content (AvgIpc) is 2.92. The van der Waals surface area contributed by atoms with Crippen LogP contribution in [0.2, 0.25) is 0 Å². The normalized spacial score (nSPS) is 11.7. The van der Waals surface area contributed by atoms with E-state index in [1.807, 2.05) is 44.2 Å². The van der Waals surface area contributed by atoms with E-state index < -0.39 is 0 Å². The molecule has 128 valence electrons. The van der Waals surface area contributed by atoms with Crippen LogP contribution < -0.4 is 5.56 Å². The van der Waals surface area contributed by atoms with Crippen LogP contribution in [0.5, 0.6) is 0 Å². The van der Waals surface area contributed by atoms with Crippen molar-refractivity contribution in [3.05, 3.63) is 87.6 Å². The van der Waals surface area contributed by atoms with Crippen molar-refractivity contribution in [2.24, 2.45) is 4.99 Å². The molecule has 3 aromatic rings. The summed E-state index contributed by atoms with van der Waals surface area (Å²) in [5.41, 5.74) is 3.80. The maximum atomic E-state index is 12.9. The highest BCUT2D eigenvalue weighted by molar-refractivity contribution is 5.99. The van der Waals surface area contributed by atoms with Crippen LogP contribution >= 0.6 is 0 Å². The number of aromatic nitrogens is 2. The summed E-state index contributed by atoms with van der Waals surface area (Å²) in [6.45, 7) is 4.26. The summed E-state index contributed by atoms with van der Waals surface area (Å²) >= 11 is 0. The first-order valence-corrected chi connectivity index (χ1v) is 8.19. The third-order valence-electron chi connectivity index (χ3n) is 4.11. The third-order valence-corrected chi connectivity index (χ3v) is 4.11. The lowest BCUT2D eigenvalue weighted by Crippen LogP contribution is -2.19. The van der Waals surface area contributed by atoms with E-state index in [0.29, 0.717) is 24.2 Å². The summed E-state index contributed by atoms with van der Waals surface area (Å²) in [6, 6.07) is 15.8. The maximum Gasteiger partial charge on any atom is 0.280 e. The molecule has 3 rings (SSSR count). The van der Waals surface area contributed by atoms with E-state index >= 15 is 0 Å². The summed E-state index contributed by atoms with van der Waals surface area (Å²) in [4.78, 5) is 17.2. The van der Waals surface area contributed by atoms with Crippen molar-refractivity contribution in [1.82, 2.24) is 9.78 Å². The molecule has 1 heterocycles. The molecule has 4 nitrogen and oxygen atoms in total. The summed E-state index contributed by atoms with van der Waals surface area (Å²) < 4.78 is 14.5. The van der Waals surface area contributed by atoms with Gasteiger partial charge in [0, 0.05) is 18.0 Å². The van der Waals surface area contributed by atoms with Crippen molar-refractivity contribution < 1.29 is 4.39 Å². The molecule has 25 heavy (non-hydrogen) atoms. The molecule has 0 aliphatic rings. The predicted molar refractivity (Wildman–Crippen MR) is 98.3 cm³/mol. The van der Waals surface area contributed by atoms with Gasteiger partial charge in [0.05, 0.1) is 11.3 Å². The van der Waals surface area contributed by atoms with Crippen molar-refractivity contribution in [1.29, 1.82) is 0 Å². The molecule has 0 saturated heterocycles. The van der Waals surface area contributed by atoms with Gasteiger partial charge >= 0.3 is 0 Å². The van der Waals surface area contributed by atoms with Crippen molar-refractivity contribution in [3.63, 3.8) is 0 Å². The lowest BCUT2D eigenvalue weighted by molar-refractivity contribution is 0.627. The quantitative estimate of drug-likeness (QED) is 0.710. The summed E-state index contributed by atoms with van der Waals surface area (Å²) in [6.07, 6.45) is 0.702. The minimum atomic E-state index is -0.243. The number of nitrogens with one attached hydrogen (secondary N) is 1. The molecule has 0 radical (unpaired) electrons. The summed E-state index contributed by atoms with van der Waals surface area (Å²) in [7, 11) is 0. The van der Waals surface area contributed by atoms with Gasteiger partial charge in [-0.2, -0.15) is 0 Å². The van der Waals surface area contributed by atoms with Gasteiger partial charge in [-0.25, -0.2) is 9.07 Å². The van der Waals surface area contributed by atoms with Crippen LogP contribution in [0, 0.1) is 12.7 Å². The first-order chi connectivity index (χ1) is 12.1. The Labute approximate surface area is 145 Å². The van der Waals surface area contributed by atoms with Gasteiger partial charge in [0.2, 0.25) is 0 Å². The summed E-state index contributed by atoms with van der Waals surface area (Å²) in [5.74, 6) is -0.243. The second-order valence-electron chi connectivity index (χ2n) is 5.93. The Hall–Kier alpha value is -2.95. The highest BCUT2D eigenvalue weighted by atomic mass is 19.1. The number of halogens is 1. The minimum Gasteiger partial charge on any atom is -0.295 e. The number of hydrogen-bond acceptors (Lipinski definition) is 2. The Morgan fingerprint density at radius 2 is 1.80 bits per heavy atom. The van der Waals surface area contributed by atoms with E-state index in [2.05, 4.69) is 10.1 Å². The number of hydrogen-bond donors (Lipinski definition) is 1. The van der Waals surface area contributed by atoms with Crippen molar-refractivity contribution in [2.45, 2.75) is 20.3 Å². The Kier molecular flexibility index (Phi) is 4.93. The van der Waals surface area contributed by atoms with Crippen LogP contribution in [-0.2, 0) is 6.42 Å². The molecular formula is C20H20FN3O. The molecule has 0 bridgehead atoms. The zero-order valence-corrected chi connectivity index (χ0v) is 14.3. The third kappa shape index (κ3) is 3.76. The van der Waals surface area contributed by atoms with Gasteiger partial charge < -0.3 is 0 Å². The average molecular weight is 337 g/mol. The van der Waals surface area contributed by atoms with Crippen LogP contribution in [0.15, 0.2) is 64.4 Å². The fourth-order valence-corrected chi connectivity index (χ4v) is 2.81. The number of aromatic amines is 1. The van der Waals surface area contributed by atoms with Crippen molar-refractivity contribution in [2.75, 3.05) is 6.54 Å². The van der Waals surface area contributed by atoms with Crippen LogP contribution in [-0.4, -0.2) is 22.0 Å². The molecule has 0 atom stereocenters. The van der Waals surface area contributed by atoms with Crippen LogP contribution in [0.3, 0.4) is 0 Å². The number of aryl methyl sites for hydroxylation is 1. The smallest absolute Gasteiger partial charge is 0.280 e. The van der Waals surface area contributed by atoms with E-state index in [0.717, 1.165) is 16.9 Å². The Balaban J connectivity index is 1.80. The van der Waals surface area contributed by atoms with Crippen LogP contribution in [0.25, 0.3) is 5.69 Å². The highest BCUT2D eigenvalue weighted by Crippen LogP contribution is 2.09. The number of para-hydroxylation sites is 1. The standard InChI is InChI=1S/C20H20FN3O/c1-14(22-13-12-16-8-10-17(21)11-9-16)19-15(2)23-24(20(19)25)18-6-4-3-5-7-18/h3-11,23H,12-13H2,1-2H3. The Morgan fingerprint density at radius 3 is 2.48 bits per heavy atom. The number of rotatable bonds is 5. The first-order valence-electron chi connectivity index (χ1n) is 8.19. The Bertz CT molecular complexity index is 937. The number of benzene rings is 2. The largest absolute Gasteiger partial charge is 0.295 e. The van der Waals surface area contributed by atoms with Crippen molar-refractivity contribution >= 4 is 5.71 Å². The fraction of sp³-hybridized carbons (Fsp3) is 0.200. The SMILES string of the molecule is CC(=NCCc1ccc(F)cc1)c1c(C)[nH]n(-c2ccccc2)c1=O. The minimum absolute atomic E-state index is 0.105. The topological polar surface area (TPSA) is 50.1 Å². The number of aliphatic imine (C=N–C) groups is 1. The first kappa shape index (κ1) is 16.9. The second kappa shape index (κ2) is 7.30. The maximum absolute atomic E-state index is 12.9. The molecular weight excluding hydrogens is 317 g/mol. The van der Waals surface area contributed by atoms with Gasteiger partial charge in [-0.3, -0.25) is 14.9 Å². The summed E-state index contributed by atoms with van der Waals surface area (Å²) in [5, 5.41) is 3.11. The molecule has 0 aliphatic carbocycles. The molecule has 0 spiro atoms. The molecule has 0 unspecified atom stereocenters. The van der Waals surface area contributed by atoms with Gasteiger partial charge in [-0.05, 0) is 50.1 Å². The lowest BCUT2D eigenvalue weighted by atomic mass is 10.1. The zero-order valence-electron chi connectivity index (χ0n) is 14.3. The molecule has 1 aromatic heterocycles. The van der Waals surface area contributed by atoms with Gasteiger partial charge in [0.25, 0.3) is 5.56 Å². The molecule has 1 N–H and O–H groups in total. The van der Waals surface area contributed by atoms with Crippen LogP contribution in [0.4, 0.5) is 4.39 Å². The molecule has 0 amide bonds. The second-order valence-corrected chi connectivity index (χ2v) is 5.93. The molecule has 5 heteroatoms. The van der Waals surface area contributed by atoms with Crippen LogP contribution in [0.1, 0.15) is 23.7 Å². The van der Waals surface area contributed by atoms with E-state index in [1.165, 1.54) is 16.8 Å². The molecule has 0 saturated carbocycles. The van der Waals surface area contributed by atoms with Gasteiger partial charge in [-0.15, -0.1) is 0 Å². The zero-order chi connectivity index (χ0) is 17.8. The van der Waals surface area contributed by atoms with E-state index in [1.54, 1.807) is 12.1 Å². The molecule has 0 fully saturated rings.